The average Bonchev–Trinajstić information content (AvgIpc) is 2.35. The molecule has 0 heterocycles. The second-order valence-corrected chi connectivity index (χ2v) is 6.36. The maximum Gasteiger partial charge on any atom is 0.122 e. The van der Waals surface area contributed by atoms with Gasteiger partial charge in [-0.05, 0) is 55.5 Å². The van der Waals surface area contributed by atoms with Gasteiger partial charge in [0.2, 0.25) is 0 Å². The predicted octanol–water partition coefficient (Wildman–Crippen LogP) is 4.41. The van der Waals surface area contributed by atoms with Crippen molar-refractivity contribution in [3.05, 3.63) is 28.2 Å². The molecule has 1 rings (SSSR count). The van der Waals surface area contributed by atoms with Gasteiger partial charge in [-0.25, -0.2) is 0 Å². The van der Waals surface area contributed by atoms with Crippen LogP contribution in [0.5, 0.6) is 5.75 Å². The lowest BCUT2D eigenvalue weighted by Crippen LogP contribution is -2.33. The molecule has 0 aliphatic carbocycles. The Bertz CT molecular complexity index is 379. The van der Waals surface area contributed by atoms with Crippen LogP contribution in [0.4, 0.5) is 0 Å². The van der Waals surface area contributed by atoms with Gasteiger partial charge in [0, 0.05) is 10.5 Å². The number of rotatable bonds is 8. The van der Waals surface area contributed by atoms with Gasteiger partial charge < -0.3 is 10.1 Å². The molecule has 0 aliphatic heterocycles. The van der Waals surface area contributed by atoms with Gasteiger partial charge in [0.25, 0.3) is 0 Å². The van der Waals surface area contributed by atoms with Crippen LogP contribution in [0.2, 0.25) is 0 Å². The molecule has 1 aromatic carbocycles. The number of halogens is 1. The standard InChI is InChI=1S/C16H26BrNO/c1-5-8-18-15(9-12(2)3)11-13-10-14(17)6-7-16(13)19-4/h6-7,10,12,15,18H,5,8-9,11H2,1-4H3. The first kappa shape index (κ1) is 16.5. The highest BCUT2D eigenvalue weighted by Gasteiger charge is 2.14. The summed E-state index contributed by atoms with van der Waals surface area (Å²) >= 11 is 3.54. The zero-order chi connectivity index (χ0) is 14.3. The van der Waals surface area contributed by atoms with E-state index in [1.54, 1.807) is 7.11 Å². The quantitative estimate of drug-likeness (QED) is 0.763. The molecule has 1 aromatic rings. The van der Waals surface area contributed by atoms with E-state index in [2.05, 4.69) is 48.1 Å². The van der Waals surface area contributed by atoms with Crippen LogP contribution in [0.3, 0.4) is 0 Å². The van der Waals surface area contributed by atoms with Gasteiger partial charge in [-0.15, -0.1) is 0 Å². The van der Waals surface area contributed by atoms with E-state index in [-0.39, 0.29) is 0 Å². The topological polar surface area (TPSA) is 21.3 Å². The fourth-order valence-electron chi connectivity index (χ4n) is 2.33. The molecule has 0 saturated heterocycles. The fraction of sp³-hybridized carbons (Fsp3) is 0.625. The summed E-state index contributed by atoms with van der Waals surface area (Å²) in [5, 5.41) is 3.65. The molecule has 0 spiro atoms. The van der Waals surface area contributed by atoms with E-state index in [9.17, 15) is 0 Å². The molecule has 1 unspecified atom stereocenters. The first-order chi connectivity index (χ1) is 9.06. The average molecular weight is 328 g/mol. The monoisotopic (exact) mass is 327 g/mol. The van der Waals surface area contributed by atoms with Crippen LogP contribution in [0, 0.1) is 5.92 Å². The van der Waals surface area contributed by atoms with Crippen LogP contribution in [0.1, 0.15) is 39.2 Å². The Hall–Kier alpha value is -0.540. The Kier molecular flexibility index (Phi) is 7.47. The van der Waals surface area contributed by atoms with Gasteiger partial charge >= 0.3 is 0 Å². The smallest absolute Gasteiger partial charge is 0.122 e. The Labute approximate surface area is 126 Å². The van der Waals surface area contributed by atoms with Crippen molar-refractivity contribution in [1.82, 2.24) is 5.32 Å². The molecule has 0 aromatic heterocycles. The molecule has 0 radical (unpaired) electrons. The molecule has 3 heteroatoms. The lowest BCUT2D eigenvalue weighted by Gasteiger charge is -2.21. The van der Waals surface area contributed by atoms with Gasteiger partial charge in [-0.2, -0.15) is 0 Å². The van der Waals surface area contributed by atoms with E-state index in [1.807, 2.05) is 12.1 Å². The molecule has 0 bridgehead atoms. The van der Waals surface area contributed by atoms with Crippen molar-refractivity contribution < 1.29 is 4.74 Å². The van der Waals surface area contributed by atoms with Crippen LogP contribution >= 0.6 is 15.9 Å². The molecule has 19 heavy (non-hydrogen) atoms. The van der Waals surface area contributed by atoms with E-state index >= 15 is 0 Å². The van der Waals surface area contributed by atoms with E-state index in [4.69, 9.17) is 4.74 Å². The summed E-state index contributed by atoms with van der Waals surface area (Å²) in [7, 11) is 1.74. The third kappa shape index (κ3) is 5.96. The van der Waals surface area contributed by atoms with E-state index in [0.29, 0.717) is 12.0 Å². The molecule has 2 nitrogen and oxygen atoms in total. The molecule has 1 N–H and O–H groups in total. The molecule has 108 valence electrons. The van der Waals surface area contributed by atoms with Crippen molar-refractivity contribution in [3.8, 4) is 5.75 Å². The SMILES string of the molecule is CCCNC(Cc1cc(Br)ccc1OC)CC(C)C. The molecular formula is C16H26BrNO. The third-order valence-electron chi connectivity index (χ3n) is 3.15. The summed E-state index contributed by atoms with van der Waals surface area (Å²) in [6.45, 7) is 7.84. The molecule has 0 fully saturated rings. The van der Waals surface area contributed by atoms with Crippen LogP contribution < -0.4 is 10.1 Å². The van der Waals surface area contributed by atoms with E-state index < -0.39 is 0 Å². The highest BCUT2D eigenvalue weighted by molar-refractivity contribution is 9.10. The van der Waals surface area contributed by atoms with Crippen molar-refractivity contribution >= 4 is 15.9 Å². The predicted molar refractivity (Wildman–Crippen MR) is 85.9 cm³/mol. The largest absolute Gasteiger partial charge is 0.496 e. The summed E-state index contributed by atoms with van der Waals surface area (Å²) in [4.78, 5) is 0. The van der Waals surface area contributed by atoms with Crippen LogP contribution in [-0.2, 0) is 6.42 Å². The van der Waals surface area contributed by atoms with Crippen molar-refractivity contribution in [3.63, 3.8) is 0 Å². The zero-order valence-corrected chi connectivity index (χ0v) is 14.1. The second kappa shape index (κ2) is 8.60. The lowest BCUT2D eigenvalue weighted by atomic mass is 9.96. The Morgan fingerprint density at radius 1 is 1.32 bits per heavy atom. The van der Waals surface area contributed by atoms with Gasteiger partial charge in [0.15, 0.2) is 0 Å². The summed E-state index contributed by atoms with van der Waals surface area (Å²) < 4.78 is 6.58. The maximum absolute atomic E-state index is 5.46. The Morgan fingerprint density at radius 2 is 2.05 bits per heavy atom. The summed E-state index contributed by atoms with van der Waals surface area (Å²) in [6, 6.07) is 6.74. The number of hydrogen-bond acceptors (Lipinski definition) is 2. The van der Waals surface area contributed by atoms with Crippen LogP contribution in [0.25, 0.3) is 0 Å². The number of hydrogen-bond donors (Lipinski definition) is 1. The molecule has 0 amide bonds. The number of nitrogens with one attached hydrogen (secondary N) is 1. The molecule has 0 aliphatic rings. The first-order valence-electron chi connectivity index (χ1n) is 7.12. The van der Waals surface area contributed by atoms with Crippen LogP contribution in [0.15, 0.2) is 22.7 Å². The van der Waals surface area contributed by atoms with Gasteiger partial charge in [-0.3, -0.25) is 0 Å². The van der Waals surface area contributed by atoms with Gasteiger partial charge in [-0.1, -0.05) is 36.7 Å². The third-order valence-corrected chi connectivity index (χ3v) is 3.64. The Morgan fingerprint density at radius 3 is 2.63 bits per heavy atom. The van der Waals surface area contributed by atoms with Crippen molar-refractivity contribution in [2.24, 2.45) is 5.92 Å². The lowest BCUT2D eigenvalue weighted by molar-refractivity contribution is 0.390. The maximum atomic E-state index is 5.46. The normalized spacial score (nSPS) is 12.7. The molecule has 0 saturated carbocycles. The van der Waals surface area contributed by atoms with Crippen LogP contribution in [-0.4, -0.2) is 19.7 Å². The van der Waals surface area contributed by atoms with E-state index in [0.717, 1.165) is 23.2 Å². The Balaban J connectivity index is 2.78. The van der Waals surface area contributed by atoms with E-state index in [1.165, 1.54) is 18.4 Å². The number of ether oxygens (including phenoxy) is 1. The minimum Gasteiger partial charge on any atom is -0.496 e. The first-order valence-corrected chi connectivity index (χ1v) is 7.91. The van der Waals surface area contributed by atoms with Gasteiger partial charge in [0.1, 0.15) is 5.75 Å². The number of benzene rings is 1. The highest BCUT2D eigenvalue weighted by atomic mass is 79.9. The fourth-order valence-corrected chi connectivity index (χ4v) is 2.74. The van der Waals surface area contributed by atoms with Gasteiger partial charge in [0.05, 0.1) is 7.11 Å². The molecular weight excluding hydrogens is 302 g/mol. The highest BCUT2D eigenvalue weighted by Crippen LogP contribution is 2.25. The zero-order valence-electron chi connectivity index (χ0n) is 12.5. The summed E-state index contributed by atoms with van der Waals surface area (Å²) in [5.41, 5.74) is 1.27. The summed E-state index contributed by atoms with van der Waals surface area (Å²) in [5.74, 6) is 1.68. The minimum absolute atomic E-state index is 0.517. The number of methoxy groups -OCH3 is 1. The van der Waals surface area contributed by atoms with Crippen molar-refractivity contribution in [1.29, 1.82) is 0 Å². The minimum atomic E-state index is 0.517. The van der Waals surface area contributed by atoms with Crippen molar-refractivity contribution in [2.75, 3.05) is 13.7 Å². The molecule has 1 atom stereocenters. The second-order valence-electron chi connectivity index (χ2n) is 5.44. The summed E-state index contributed by atoms with van der Waals surface area (Å²) in [6.07, 6.45) is 3.38. The van der Waals surface area contributed by atoms with Crippen molar-refractivity contribution in [2.45, 2.75) is 46.1 Å².